The molecule has 3 aliphatic rings. The average Bonchev–Trinajstić information content (AvgIpc) is 3.17. The van der Waals surface area contributed by atoms with Crippen molar-refractivity contribution in [3.63, 3.8) is 0 Å². The molecule has 1 aromatic carbocycles. The molecule has 0 bridgehead atoms. The number of hydrogen-bond donors (Lipinski definition) is 0. The molecule has 1 saturated heterocycles. The first-order valence-corrected chi connectivity index (χ1v) is 11.7. The highest BCUT2D eigenvalue weighted by molar-refractivity contribution is 5.84. The van der Waals surface area contributed by atoms with Crippen LogP contribution in [0.2, 0.25) is 0 Å². The normalized spacial score (nSPS) is 33.4. The van der Waals surface area contributed by atoms with Crippen molar-refractivity contribution in [3.05, 3.63) is 35.9 Å². The van der Waals surface area contributed by atoms with Crippen molar-refractivity contribution >= 4 is 11.8 Å². The first kappa shape index (κ1) is 24.3. The van der Waals surface area contributed by atoms with Gasteiger partial charge in [0.25, 0.3) is 5.79 Å². The Balaban J connectivity index is 1.62. The van der Waals surface area contributed by atoms with Crippen molar-refractivity contribution in [3.8, 4) is 0 Å². The van der Waals surface area contributed by atoms with Crippen molar-refractivity contribution in [2.45, 2.75) is 50.6 Å². The highest BCUT2D eigenvalue weighted by Gasteiger charge is 2.71. The molecule has 4 rings (SSSR count). The fraction of sp³-hybridized carbons (Fsp3) is 0.680. The van der Waals surface area contributed by atoms with E-state index in [4.69, 9.17) is 28.4 Å². The van der Waals surface area contributed by atoms with Crippen LogP contribution in [-0.4, -0.2) is 64.5 Å². The zero-order chi connectivity index (χ0) is 23.3. The summed E-state index contributed by atoms with van der Waals surface area (Å²) in [5.41, 5.74) is 0.397. The van der Waals surface area contributed by atoms with E-state index in [-0.39, 0.29) is 44.2 Å². The van der Waals surface area contributed by atoms with Crippen molar-refractivity contribution < 1.29 is 38.0 Å². The number of carbonyl (C=O) groups excluding carboxylic acids is 2. The van der Waals surface area contributed by atoms with E-state index >= 15 is 0 Å². The number of methoxy groups -OCH3 is 2. The van der Waals surface area contributed by atoms with Crippen molar-refractivity contribution in [2.75, 3.05) is 40.8 Å². The van der Waals surface area contributed by atoms with E-state index in [2.05, 4.69) is 0 Å². The van der Waals surface area contributed by atoms with Gasteiger partial charge in [-0.25, -0.2) is 4.79 Å². The molecule has 1 aliphatic heterocycles. The largest absolute Gasteiger partial charge is 0.465 e. The minimum atomic E-state index is -1.64. The number of ether oxygens (including phenoxy) is 6. The third kappa shape index (κ3) is 4.59. The molecule has 0 N–H and O–H groups in total. The van der Waals surface area contributed by atoms with E-state index in [1.54, 1.807) is 7.11 Å². The van der Waals surface area contributed by atoms with Gasteiger partial charge >= 0.3 is 5.97 Å². The van der Waals surface area contributed by atoms with E-state index in [0.29, 0.717) is 19.6 Å². The smallest absolute Gasteiger partial charge is 0.366 e. The number of ketones is 1. The van der Waals surface area contributed by atoms with Gasteiger partial charge in [0.05, 0.1) is 39.6 Å². The van der Waals surface area contributed by atoms with Gasteiger partial charge in [0, 0.05) is 31.3 Å². The fourth-order valence-corrected chi connectivity index (χ4v) is 5.94. The summed E-state index contributed by atoms with van der Waals surface area (Å²) in [6, 6.07) is 9.59. The Hall–Kier alpha value is -1.84. The SMILES string of the molecule is COCCOCO[C@@H]1CCC[C@@H]2CC(=O)C[C@@H]3C(OCc4ccccc4)(C(=O)OC)OC[C@]231. The summed E-state index contributed by atoms with van der Waals surface area (Å²) >= 11 is 0. The lowest BCUT2D eigenvalue weighted by molar-refractivity contribution is -0.252. The molecule has 0 radical (unpaired) electrons. The number of rotatable bonds is 10. The molecule has 0 amide bonds. The van der Waals surface area contributed by atoms with E-state index in [1.807, 2.05) is 30.3 Å². The van der Waals surface area contributed by atoms with Gasteiger partial charge in [0.15, 0.2) is 0 Å². The molecule has 1 spiro atoms. The van der Waals surface area contributed by atoms with Crippen LogP contribution in [0.3, 0.4) is 0 Å². The van der Waals surface area contributed by atoms with E-state index < -0.39 is 23.1 Å². The highest BCUT2D eigenvalue weighted by atomic mass is 16.7. The van der Waals surface area contributed by atoms with Crippen LogP contribution in [-0.2, 0) is 44.6 Å². The third-order valence-electron chi connectivity index (χ3n) is 7.48. The monoisotopic (exact) mass is 462 g/mol. The minimum absolute atomic E-state index is 0.0633. The van der Waals surface area contributed by atoms with Gasteiger partial charge in [-0.2, -0.15) is 0 Å². The number of benzene rings is 1. The minimum Gasteiger partial charge on any atom is -0.465 e. The van der Waals surface area contributed by atoms with Crippen LogP contribution in [0.15, 0.2) is 30.3 Å². The Morgan fingerprint density at radius 2 is 1.94 bits per heavy atom. The van der Waals surface area contributed by atoms with Crippen LogP contribution >= 0.6 is 0 Å². The van der Waals surface area contributed by atoms with Crippen LogP contribution in [0.1, 0.15) is 37.7 Å². The average molecular weight is 463 g/mol. The van der Waals surface area contributed by atoms with Crippen LogP contribution in [0.25, 0.3) is 0 Å². The second-order valence-corrected chi connectivity index (χ2v) is 9.14. The summed E-state index contributed by atoms with van der Waals surface area (Å²) in [5.74, 6) is -2.55. The standard InChI is InChI=1S/C25H34O8/c1-28-11-12-30-17-31-22-10-6-9-19-13-20(26)14-21-24(19,22)16-33-25(21,23(27)29-2)32-15-18-7-4-3-5-8-18/h3-5,7-8,19,21-22H,6,9-17H2,1-2H3/t19-,21+,22-,24+,25?/m1/s1. The maximum Gasteiger partial charge on any atom is 0.366 e. The second-order valence-electron chi connectivity index (χ2n) is 9.14. The van der Waals surface area contributed by atoms with E-state index in [1.165, 1.54) is 7.11 Å². The lowest BCUT2D eigenvalue weighted by Crippen LogP contribution is -2.60. The Morgan fingerprint density at radius 3 is 2.70 bits per heavy atom. The topological polar surface area (TPSA) is 89.5 Å². The fourth-order valence-electron chi connectivity index (χ4n) is 5.94. The lowest BCUT2D eigenvalue weighted by atomic mass is 9.52. The predicted molar refractivity (Wildman–Crippen MR) is 117 cm³/mol. The molecule has 3 fully saturated rings. The molecular weight excluding hydrogens is 428 g/mol. The third-order valence-corrected chi connectivity index (χ3v) is 7.48. The van der Waals surface area contributed by atoms with Gasteiger partial charge in [0.2, 0.25) is 0 Å². The van der Waals surface area contributed by atoms with Gasteiger partial charge < -0.3 is 28.4 Å². The van der Waals surface area contributed by atoms with Crippen molar-refractivity contribution in [1.29, 1.82) is 0 Å². The number of hydrogen-bond acceptors (Lipinski definition) is 8. The molecule has 182 valence electrons. The number of carbonyl (C=O) groups is 2. The molecule has 8 nitrogen and oxygen atoms in total. The zero-order valence-electron chi connectivity index (χ0n) is 19.5. The summed E-state index contributed by atoms with van der Waals surface area (Å²) in [6.45, 7) is 1.50. The van der Waals surface area contributed by atoms with Gasteiger partial charge in [0.1, 0.15) is 12.6 Å². The summed E-state index contributed by atoms with van der Waals surface area (Å²) in [6.07, 6.45) is 3.12. The highest BCUT2D eigenvalue weighted by Crippen LogP contribution is 2.62. The summed E-state index contributed by atoms with van der Waals surface area (Å²) in [4.78, 5) is 26.0. The van der Waals surface area contributed by atoms with Crippen molar-refractivity contribution in [1.82, 2.24) is 0 Å². The van der Waals surface area contributed by atoms with Gasteiger partial charge in [-0.3, -0.25) is 4.79 Å². The molecule has 0 aromatic heterocycles. The first-order valence-electron chi connectivity index (χ1n) is 11.7. The summed E-state index contributed by atoms with van der Waals surface area (Å²) in [7, 11) is 2.95. The Morgan fingerprint density at radius 1 is 1.12 bits per heavy atom. The van der Waals surface area contributed by atoms with Gasteiger partial charge in [-0.1, -0.05) is 36.8 Å². The Kier molecular flexibility index (Phi) is 7.81. The first-order chi connectivity index (χ1) is 16.1. The Bertz CT molecular complexity index is 814. The maximum atomic E-state index is 13.2. The molecule has 2 saturated carbocycles. The van der Waals surface area contributed by atoms with Gasteiger partial charge in [-0.15, -0.1) is 0 Å². The van der Waals surface area contributed by atoms with Gasteiger partial charge in [-0.05, 0) is 24.3 Å². The molecule has 1 unspecified atom stereocenters. The number of esters is 1. The molecule has 1 heterocycles. The van der Waals surface area contributed by atoms with Crippen LogP contribution < -0.4 is 0 Å². The Labute approximate surface area is 194 Å². The molecular formula is C25H34O8. The maximum absolute atomic E-state index is 13.2. The molecule has 33 heavy (non-hydrogen) atoms. The predicted octanol–water partition coefficient (Wildman–Crippen LogP) is 2.87. The van der Waals surface area contributed by atoms with Crippen LogP contribution in [0.5, 0.6) is 0 Å². The molecule has 5 atom stereocenters. The molecule has 8 heteroatoms. The zero-order valence-corrected chi connectivity index (χ0v) is 19.5. The molecule has 1 aromatic rings. The molecule has 2 aliphatic carbocycles. The summed E-state index contributed by atoms with van der Waals surface area (Å²) in [5, 5.41) is 0. The quantitative estimate of drug-likeness (QED) is 0.298. The van der Waals surface area contributed by atoms with Crippen molar-refractivity contribution in [2.24, 2.45) is 17.3 Å². The van der Waals surface area contributed by atoms with E-state index in [0.717, 1.165) is 24.8 Å². The lowest BCUT2D eigenvalue weighted by Gasteiger charge is -2.53. The van der Waals surface area contributed by atoms with Crippen LogP contribution in [0, 0.1) is 17.3 Å². The van der Waals surface area contributed by atoms with Crippen LogP contribution in [0.4, 0.5) is 0 Å². The summed E-state index contributed by atoms with van der Waals surface area (Å²) < 4.78 is 34.5. The number of Topliss-reactive ketones (excluding diaryl/α,β-unsaturated/α-hetero) is 1. The second kappa shape index (κ2) is 10.6. The van der Waals surface area contributed by atoms with E-state index in [9.17, 15) is 9.59 Å².